The summed E-state index contributed by atoms with van der Waals surface area (Å²) in [6.45, 7) is 2.22. The summed E-state index contributed by atoms with van der Waals surface area (Å²) in [4.78, 5) is 13.4. The molecule has 3 atom stereocenters. The molecule has 2 aromatic rings. The normalized spacial score (nSPS) is 21.4. The highest BCUT2D eigenvalue weighted by molar-refractivity contribution is 6.30. The number of anilines is 1. The molecule has 0 aromatic heterocycles. The van der Waals surface area contributed by atoms with Crippen LogP contribution in [0.25, 0.3) is 0 Å². The predicted octanol–water partition coefficient (Wildman–Crippen LogP) is 4.70. The molecule has 3 unspecified atom stereocenters. The molecule has 0 amide bonds. The molecule has 1 heterocycles. The van der Waals surface area contributed by atoms with E-state index in [0.29, 0.717) is 24.4 Å². The molecule has 28 heavy (non-hydrogen) atoms. The number of hydrogen-bond acceptors (Lipinski definition) is 3. The van der Waals surface area contributed by atoms with Crippen molar-refractivity contribution in [3.05, 3.63) is 64.7 Å². The van der Waals surface area contributed by atoms with Gasteiger partial charge in [-0.25, -0.2) is 0 Å². The van der Waals surface area contributed by atoms with Crippen LogP contribution >= 0.6 is 11.6 Å². The number of carboxylic acid groups (broad SMARTS) is 1. The number of nitrogens with zero attached hydrogens (tertiary/aromatic N) is 1. The highest BCUT2D eigenvalue weighted by Crippen LogP contribution is 2.41. The van der Waals surface area contributed by atoms with E-state index in [-0.39, 0.29) is 12.0 Å². The first-order valence-corrected chi connectivity index (χ1v) is 9.45. The van der Waals surface area contributed by atoms with Crippen LogP contribution in [-0.4, -0.2) is 12.5 Å². The van der Waals surface area contributed by atoms with Crippen LogP contribution in [0.15, 0.2) is 48.5 Å². The first-order chi connectivity index (χ1) is 13.2. The number of carbonyl (C=O) groups excluding carboxylic acids is 1. The molecule has 3 rings (SSSR count). The fourth-order valence-electron chi connectivity index (χ4n) is 3.79. The van der Waals surface area contributed by atoms with Gasteiger partial charge in [0.1, 0.15) is 0 Å². The van der Waals surface area contributed by atoms with E-state index in [9.17, 15) is 23.1 Å². The zero-order valence-corrected chi connectivity index (χ0v) is 16.0. The van der Waals surface area contributed by atoms with Gasteiger partial charge in [0.2, 0.25) is 0 Å². The van der Waals surface area contributed by atoms with Crippen molar-refractivity contribution in [1.29, 1.82) is 0 Å². The number of aliphatic carboxylic acids is 1. The molecular formula is C21H20ClF3NO2-. The number of rotatable bonds is 4. The second-order valence-corrected chi connectivity index (χ2v) is 7.63. The molecule has 1 fully saturated rings. The van der Waals surface area contributed by atoms with Gasteiger partial charge in [-0.2, -0.15) is 13.2 Å². The summed E-state index contributed by atoms with van der Waals surface area (Å²) in [5.41, 5.74) is 0.914. The molecule has 1 aliphatic heterocycles. The van der Waals surface area contributed by atoms with E-state index in [4.69, 9.17) is 11.6 Å². The number of benzene rings is 2. The molecule has 1 aliphatic rings. The molecule has 0 N–H and O–H groups in total. The van der Waals surface area contributed by atoms with Crippen LogP contribution in [0.3, 0.4) is 0 Å². The van der Waals surface area contributed by atoms with Gasteiger partial charge in [0.25, 0.3) is 0 Å². The topological polar surface area (TPSA) is 43.4 Å². The third-order valence-electron chi connectivity index (χ3n) is 5.50. The van der Waals surface area contributed by atoms with Crippen LogP contribution in [0.4, 0.5) is 18.9 Å². The predicted molar refractivity (Wildman–Crippen MR) is 99.9 cm³/mol. The van der Waals surface area contributed by atoms with Gasteiger partial charge in [0.05, 0.1) is 11.6 Å². The van der Waals surface area contributed by atoms with Gasteiger partial charge < -0.3 is 14.8 Å². The van der Waals surface area contributed by atoms with E-state index >= 15 is 0 Å². The number of carbonyl (C=O) groups is 1. The van der Waals surface area contributed by atoms with E-state index in [1.165, 1.54) is 12.1 Å². The SMILES string of the molecule is CC(C(=O)[O-])C1CCN(c2ccc(Cl)cc2)C(c2ccc(C(F)(F)F)cc2)C1. The molecule has 0 radical (unpaired) electrons. The van der Waals surface area contributed by atoms with Gasteiger partial charge >= 0.3 is 6.18 Å². The number of alkyl halides is 3. The third kappa shape index (κ3) is 4.43. The summed E-state index contributed by atoms with van der Waals surface area (Å²) in [6, 6.07) is 12.1. The number of hydrogen-bond donors (Lipinski definition) is 0. The zero-order chi connectivity index (χ0) is 20.5. The minimum absolute atomic E-state index is 0.110. The van der Waals surface area contributed by atoms with Crippen molar-refractivity contribution in [3.8, 4) is 0 Å². The smallest absolute Gasteiger partial charge is 0.416 e. The maximum Gasteiger partial charge on any atom is 0.416 e. The molecule has 2 aromatic carbocycles. The molecular weight excluding hydrogens is 391 g/mol. The fourth-order valence-corrected chi connectivity index (χ4v) is 3.92. The van der Waals surface area contributed by atoms with Gasteiger partial charge in [0, 0.05) is 23.2 Å². The minimum Gasteiger partial charge on any atom is -0.550 e. The molecule has 3 nitrogen and oxygen atoms in total. The Hall–Kier alpha value is -2.21. The van der Waals surface area contributed by atoms with Gasteiger partial charge in [-0.15, -0.1) is 0 Å². The van der Waals surface area contributed by atoms with Crippen LogP contribution in [0, 0.1) is 11.8 Å². The zero-order valence-electron chi connectivity index (χ0n) is 15.2. The summed E-state index contributed by atoms with van der Waals surface area (Å²) in [7, 11) is 0. The van der Waals surface area contributed by atoms with E-state index in [2.05, 4.69) is 4.90 Å². The minimum atomic E-state index is -4.40. The van der Waals surface area contributed by atoms with E-state index in [1.807, 2.05) is 12.1 Å². The second-order valence-electron chi connectivity index (χ2n) is 7.20. The van der Waals surface area contributed by atoms with Crippen molar-refractivity contribution < 1.29 is 23.1 Å². The Bertz CT molecular complexity index is 821. The lowest BCUT2D eigenvalue weighted by Gasteiger charge is -2.43. The first-order valence-electron chi connectivity index (χ1n) is 9.07. The van der Waals surface area contributed by atoms with E-state index in [0.717, 1.165) is 23.4 Å². The summed E-state index contributed by atoms with van der Waals surface area (Å²) in [5.74, 6) is -1.83. The van der Waals surface area contributed by atoms with Crippen molar-refractivity contribution in [3.63, 3.8) is 0 Å². The van der Waals surface area contributed by atoms with Crippen LogP contribution in [0.1, 0.15) is 36.9 Å². The summed E-state index contributed by atoms with van der Waals surface area (Å²) < 4.78 is 38.7. The fraction of sp³-hybridized carbons (Fsp3) is 0.381. The lowest BCUT2D eigenvalue weighted by molar-refractivity contribution is -0.312. The standard InChI is InChI=1S/C21H21ClF3NO2/c1-13(20(27)28)15-10-11-26(18-8-6-17(22)7-9-18)19(12-15)14-2-4-16(5-3-14)21(23,24)25/h2-9,13,15,19H,10-12H2,1H3,(H,27,28)/p-1. The van der Waals surface area contributed by atoms with Gasteiger partial charge in [-0.1, -0.05) is 30.7 Å². The first kappa shape index (κ1) is 20.5. The average Bonchev–Trinajstić information content (AvgIpc) is 2.67. The van der Waals surface area contributed by atoms with Crippen LogP contribution in [0.5, 0.6) is 0 Å². The molecule has 1 saturated heterocycles. The number of carboxylic acids is 1. The Morgan fingerprint density at radius 3 is 2.29 bits per heavy atom. The molecule has 0 bridgehead atoms. The van der Waals surface area contributed by atoms with Crippen molar-refractivity contribution in [2.45, 2.75) is 32.0 Å². The molecule has 7 heteroatoms. The Morgan fingerprint density at radius 2 is 1.75 bits per heavy atom. The van der Waals surface area contributed by atoms with E-state index in [1.54, 1.807) is 19.1 Å². The van der Waals surface area contributed by atoms with Crippen molar-refractivity contribution >= 4 is 23.3 Å². The average molecular weight is 411 g/mol. The van der Waals surface area contributed by atoms with Gasteiger partial charge in [0.15, 0.2) is 0 Å². The van der Waals surface area contributed by atoms with Crippen LogP contribution in [0.2, 0.25) is 5.02 Å². The third-order valence-corrected chi connectivity index (χ3v) is 5.75. The second kappa shape index (κ2) is 8.03. The molecule has 0 aliphatic carbocycles. The van der Waals surface area contributed by atoms with Crippen LogP contribution < -0.4 is 10.0 Å². The maximum absolute atomic E-state index is 12.9. The number of halogens is 4. The Kier molecular flexibility index (Phi) is 5.89. The van der Waals surface area contributed by atoms with Crippen molar-refractivity contribution in [2.24, 2.45) is 11.8 Å². The monoisotopic (exact) mass is 410 g/mol. The lowest BCUT2D eigenvalue weighted by Crippen LogP contribution is -2.42. The Labute approximate surface area is 166 Å². The van der Waals surface area contributed by atoms with Crippen molar-refractivity contribution in [1.82, 2.24) is 0 Å². The summed E-state index contributed by atoms with van der Waals surface area (Å²) in [6.07, 6.45) is -3.22. The Balaban J connectivity index is 1.93. The molecule has 0 spiro atoms. The molecule has 0 saturated carbocycles. The van der Waals surface area contributed by atoms with Crippen molar-refractivity contribution in [2.75, 3.05) is 11.4 Å². The van der Waals surface area contributed by atoms with E-state index < -0.39 is 23.6 Å². The van der Waals surface area contributed by atoms with Gasteiger partial charge in [-0.05, 0) is 66.6 Å². The Morgan fingerprint density at radius 1 is 1.14 bits per heavy atom. The lowest BCUT2D eigenvalue weighted by atomic mass is 9.79. The largest absolute Gasteiger partial charge is 0.550 e. The quantitative estimate of drug-likeness (QED) is 0.733. The highest BCUT2D eigenvalue weighted by atomic mass is 35.5. The maximum atomic E-state index is 12.9. The number of piperidine rings is 1. The summed E-state index contributed by atoms with van der Waals surface area (Å²) >= 11 is 5.97. The van der Waals surface area contributed by atoms with Crippen LogP contribution in [-0.2, 0) is 11.0 Å². The highest BCUT2D eigenvalue weighted by Gasteiger charge is 2.34. The summed E-state index contributed by atoms with van der Waals surface area (Å²) in [5, 5.41) is 11.9. The van der Waals surface area contributed by atoms with Gasteiger partial charge in [-0.3, -0.25) is 0 Å². The molecule has 150 valence electrons.